The number of pyridine rings is 2. The van der Waals surface area contributed by atoms with Crippen LogP contribution in [-0.4, -0.2) is 15.1 Å². The van der Waals surface area contributed by atoms with E-state index in [1.165, 1.54) is 16.7 Å². The molecule has 0 amide bonds. The molecule has 0 bridgehead atoms. The lowest BCUT2D eigenvalue weighted by atomic mass is 9.79. The molecule has 6 aromatic rings. The minimum atomic E-state index is 0.0233. The third-order valence-electron chi connectivity index (χ3n) is 8.97. The second-order valence-corrected chi connectivity index (χ2v) is 14.8. The van der Waals surface area contributed by atoms with Crippen LogP contribution in [0.4, 0.5) is 17.2 Å². The molecule has 0 unspecified atom stereocenters. The van der Waals surface area contributed by atoms with Crippen LogP contribution in [0.1, 0.15) is 63.8 Å². The Bertz CT molecular complexity index is 2050. The summed E-state index contributed by atoms with van der Waals surface area (Å²) in [6.45, 7) is 17.9. The molecule has 0 saturated heterocycles. The van der Waals surface area contributed by atoms with E-state index < -0.39 is 0 Å². The second kappa shape index (κ2) is 12.8. The van der Waals surface area contributed by atoms with Crippen molar-refractivity contribution in [3.8, 4) is 39.4 Å². The average Bonchev–Trinajstić information content (AvgIpc) is 3.06. The van der Waals surface area contributed by atoms with Gasteiger partial charge in [-0.2, -0.15) is 0 Å². The van der Waals surface area contributed by atoms with Crippen LogP contribution >= 0.6 is 0 Å². The number of aryl methyl sites for hydroxylation is 2. The molecule has 0 saturated carbocycles. The number of phenolic OH excluding ortho intramolecular Hbond substituents is 1. The molecule has 4 heteroatoms. The van der Waals surface area contributed by atoms with Gasteiger partial charge in [-0.1, -0.05) is 114 Å². The van der Waals surface area contributed by atoms with Crippen molar-refractivity contribution in [3.05, 3.63) is 144 Å². The van der Waals surface area contributed by atoms with Gasteiger partial charge < -0.3 is 5.11 Å². The van der Waals surface area contributed by atoms with E-state index in [9.17, 15) is 5.11 Å². The minimum Gasteiger partial charge on any atom is -0.507 e. The number of hydrogen-bond acceptors (Lipinski definition) is 4. The van der Waals surface area contributed by atoms with E-state index in [4.69, 9.17) is 9.97 Å². The molecule has 4 aromatic carbocycles. The zero-order valence-electron chi connectivity index (χ0n) is 29.3. The number of benzene rings is 4. The zero-order valence-corrected chi connectivity index (χ0v) is 29.3. The summed E-state index contributed by atoms with van der Waals surface area (Å²) >= 11 is 0. The Kier molecular flexibility index (Phi) is 8.70. The first-order chi connectivity index (χ1) is 22.8. The van der Waals surface area contributed by atoms with Gasteiger partial charge in [-0.3, -0.25) is 9.88 Å². The van der Waals surface area contributed by atoms with Crippen LogP contribution in [0.25, 0.3) is 33.6 Å². The van der Waals surface area contributed by atoms with Crippen molar-refractivity contribution in [2.45, 2.75) is 66.2 Å². The molecule has 0 aliphatic heterocycles. The molecule has 242 valence electrons. The van der Waals surface area contributed by atoms with Crippen LogP contribution < -0.4 is 4.90 Å². The third-order valence-corrected chi connectivity index (χ3v) is 8.97. The van der Waals surface area contributed by atoms with E-state index in [0.717, 1.165) is 56.4 Å². The number of nitrogens with zero attached hydrogens (tertiary/aromatic N) is 3. The fraction of sp³-hybridized carbons (Fsp3) is 0.227. The van der Waals surface area contributed by atoms with Gasteiger partial charge in [0.15, 0.2) is 0 Å². The predicted molar refractivity (Wildman–Crippen MR) is 202 cm³/mol. The monoisotopic (exact) mass is 631 g/mol. The van der Waals surface area contributed by atoms with Gasteiger partial charge in [-0.25, -0.2) is 4.98 Å². The fourth-order valence-corrected chi connectivity index (χ4v) is 6.17. The molecule has 0 radical (unpaired) electrons. The Morgan fingerprint density at radius 3 is 1.88 bits per heavy atom. The van der Waals surface area contributed by atoms with Crippen LogP contribution in [0, 0.1) is 13.8 Å². The van der Waals surface area contributed by atoms with Gasteiger partial charge >= 0.3 is 0 Å². The summed E-state index contributed by atoms with van der Waals surface area (Å²) in [5.41, 5.74) is 12.6. The van der Waals surface area contributed by atoms with E-state index >= 15 is 0 Å². The smallest absolute Gasteiger partial charge is 0.138 e. The van der Waals surface area contributed by atoms with Crippen molar-refractivity contribution in [2.24, 2.45) is 0 Å². The second-order valence-electron chi connectivity index (χ2n) is 14.8. The summed E-state index contributed by atoms with van der Waals surface area (Å²) in [5, 5.41) is 10.7. The SMILES string of the molecule is Cc1cccc(C)c1N(c1cccc(-c2ccccc2O)c1)c1cccc(-c2cc(-c3cc(C(C)(C)C)cc(C(C)(C)C)c3)ccn2)n1. The summed E-state index contributed by atoms with van der Waals surface area (Å²) in [6, 6.07) is 39.4. The van der Waals surface area contributed by atoms with Crippen molar-refractivity contribution in [1.29, 1.82) is 0 Å². The van der Waals surface area contributed by atoms with Gasteiger partial charge in [0, 0.05) is 17.4 Å². The lowest BCUT2D eigenvalue weighted by Gasteiger charge is -2.28. The Hall–Kier alpha value is -5.22. The van der Waals surface area contributed by atoms with Crippen LogP contribution in [0.3, 0.4) is 0 Å². The number of anilines is 3. The van der Waals surface area contributed by atoms with Crippen molar-refractivity contribution in [1.82, 2.24) is 9.97 Å². The third kappa shape index (κ3) is 6.75. The van der Waals surface area contributed by atoms with Gasteiger partial charge in [-0.15, -0.1) is 0 Å². The largest absolute Gasteiger partial charge is 0.507 e. The van der Waals surface area contributed by atoms with Crippen LogP contribution in [0.2, 0.25) is 0 Å². The van der Waals surface area contributed by atoms with Gasteiger partial charge in [0.05, 0.1) is 17.1 Å². The van der Waals surface area contributed by atoms with Gasteiger partial charge in [0.25, 0.3) is 0 Å². The molecule has 0 aliphatic carbocycles. The zero-order chi connectivity index (χ0) is 34.2. The van der Waals surface area contributed by atoms with Gasteiger partial charge in [0.1, 0.15) is 11.6 Å². The van der Waals surface area contributed by atoms with Crippen molar-refractivity contribution in [2.75, 3.05) is 4.90 Å². The van der Waals surface area contributed by atoms with E-state index in [1.54, 1.807) is 6.07 Å². The van der Waals surface area contributed by atoms with Crippen molar-refractivity contribution < 1.29 is 5.11 Å². The molecule has 6 rings (SSSR count). The molecule has 0 atom stereocenters. The first kappa shape index (κ1) is 32.7. The fourth-order valence-electron chi connectivity index (χ4n) is 6.17. The molecule has 0 fully saturated rings. The Labute approximate surface area is 285 Å². The summed E-state index contributed by atoms with van der Waals surface area (Å²) in [6.07, 6.45) is 1.89. The molecule has 1 N–H and O–H groups in total. The standard InChI is InChI=1S/C44H45N3O/c1-29-14-11-15-30(2)42(29)47(36-17-12-16-32(26-36)37-18-9-10-20-40(37)48)41-21-13-19-38(46-41)39-27-31(22-23-45-39)33-24-34(43(3,4)5)28-35(25-33)44(6,7)8/h9-28,48H,1-8H3. The van der Waals surface area contributed by atoms with E-state index in [-0.39, 0.29) is 16.6 Å². The maximum absolute atomic E-state index is 10.7. The number of aromatic nitrogens is 2. The summed E-state index contributed by atoms with van der Waals surface area (Å²) in [4.78, 5) is 12.3. The van der Waals surface area contributed by atoms with Crippen LogP contribution in [0.5, 0.6) is 5.75 Å². The first-order valence-electron chi connectivity index (χ1n) is 16.6. The average molecular weight is 632 g/mol. The highest BCUT2D eigenvalue weighted by atomic mass is 16.3. The molecule has 2 aromatic heterocycles. The summed E-state index contributed by atoms with van der Waals surface area (Å²) in [5.74, 6) is 1.04. The number of rotatable bonds is 6. The molecule has 4 nitrogen and oxygen atoms in total. The first-order valence-corrected chi connectivity index (χ1v) is 16.6. The highest BCUT2D eigenvalue weighted by molar-refractivity contribution is 5.83. The number of aromatic hydroxyl groups is 1. The predicted octanol–water partition coefficient (Wildman–Crippen LogP) is 11.9. The molecular formula is C44H45N3O. The summed E-state index contributed by atoms with van der Waals surface area (Å²) < 4.78 is 0. The molecular weight excluding hydrogens is 587 g/mol. The maximum atomic E-state index is 10.7. The number of para-hydroxylation sites is 2. The highest BCUT2D eigenvalue weighted by Crippen LogP contribution is 2.41. The van der Waals surface area contributed by atoms with Crippen LogP contribution in [-0.2, 0) is 10.8 Å². The quantitative estimate of drug-likeness (QED) is 0.199. The number of hydrogen-bond donors (Lipinski definition) is 1. The van der Waals surface area contributed by atoms with Gasteiger partial charge in [0.2, 0.25) is 0 Å². The Morgan fingerprint density at radius 1 is 0.562 bits per heavy atom. The van der Waals surface area contributed by atoms with Gasteiger partial charge in [-0.05, 0) is 106 Å². The summed E-state index contributed by atoms with van der Waals surface area (Å²) in [7, 11) is 0. The molecule has 0 aliphatic rings. The van der Waals surface area contributed by atoms with E-state index in [0.29, 0.717) is 0 Å². The molecule has 2 heterocycles. The Morgan fingerprint density at radius 2 is 1.21 bits per heavy atom. The Balaban J connectivity index is 1.48. The highest BCUT2D eigenvalue weighted by Gasteiger charge is 2.22. The van der Waals surface area contributed by atoms with Crippen molar-refractivity contribution >= 4 is 17.2 Å². The lowest BCUT2D eigenvalue weighted by molar-refractivity contribution is 0.477. The maximum Gasteiger partial charge on any atom is 0.138 e. The lowest BCUT2D eigenvalue weighted by Crippen LogP contribution is -2.16. The van der Waals surface area contributed by atoms with Crippen molar-refractivity contribution in [3.63, 3.8) is 0 Å². The number of phenols is 1. The molecule has 0 spiro atoms. The van der Waals surface area contributed by atoms with E-state index in [2.05, 4.69) is 127 Å². The minimum absolute atomic E-state index is 0.0233. The van der Waals surface area contributed by atoms with Crippen LogP contribution in [0.15, 0.2) is 121 Å². The molecule has 48 heavy (non-hydrogen) atoms. The normalized spacial score (nSPS) is 11.8. The topological polar surface area (TPSA) is 49.2 Å². The van der Waals surface area contributed by atoms with E-state index in [1.807, 2.05) is 48.7 Å².